The summed E-state index contributed by atoms with van der Waals surface area (Å²) in [5.74, 6) is -1.06. The third-order valence-corrected chi connectivity index (χ3v) is 2.19. The smallest absolute Gasteiger partial charge is 0.410 e. The minimum absolute atomic E-state index is 0.0224. The Kier molecular flexibility index (Phi) is 3.98. The van der Waals surface area contributed by atoms with Crippen LogP contribution in [0.1, 0.15) is 27.7 Å². The van der Waals surface area contributed by atoms with Crippen molar-refractivity contribution in [1.82, 2.24) is 4.90 Å². The zero-order valence-electron chi connectivity index (χ0n) is 10.6. The lowest BCUT2D eigenvalue weighted by molar-refractivity contribution is -0.161. The number of rotatable bonds is 1. The lowest BCUT2D eigenvalue weighted by Crippen LogP contribution is -2.52. The maximum atomic E-state index is 11.8. The fourth-order valence-corrected chi connectivity index (χ4v) is 1.56. The van der Waals surface area contributed by atoms with E-state index in [0.717, 1.165) is 0 Å². The second kappa shape index (κ2) is 4.91. The Balaban J connectivity index is 2.64. The predicted molar refractivity (Wildman–Crippen MR) is 59.8 cm³/mol. The standard InChI is InChI=1S/C11H19NO5/c1-7-5-12(6-8(16-7)9(13)14)10(15)17-11(2,3)4/h7-8H,5-6H2,1-4H3,(H,13,14)/t7-,8?/m0/s1. The maximum absolute atomic E-state index is 11.8. The molecule has 6 heteroatoms. The Bertz CT molecular complexity index is 309. The third-order valence-electron chi connectivity index (χ3n) is 2.19. The fourth-order valence-electron chi connectivity index (χ4n) is 1.56. The van der Waals surface area contributed by atoms with Crippen LogP contribution in [0.5, 0.6) is 0 Å². The average Bonchev–Trinajstić information content (AvgIpc) is 2.13. The molecule has 1 aliphatic rings. The lowest BCUT2D eigenvalue weighted by Gasteiger charge is -2.35. The number of aliphatic carboxylic acids is 1. The number of carboxylic acid groups (broad SMARTS) is 1. The molecule has 0 aromatic rings. The van der Waals surface area contributed by atoms with E-state index in [1.54, 1.807) is 27.7 Å². The summed E-state index contributed by atoms with van der Waals surface area (Å²) in [7, 11) is 0. The summed E-state index contributed by atoms with van der Waals surface area (Å²) >= 11 is 0. The molecule has 6 nitrogen and oxygen atoms in total. The Morgan fingerprint density at radius 3 is 2.41 bits per heavy atom. The van der Waals surface area contributed by atoms with Gasteiger partial charge in [-0.1, -0.05) is 0 Å². The highest BCUT2D eigenvalue weighted by atomic mass is 16.6. The summed E-state index contributed by atoms with van der Waals surface area (Å²) in [5.41, 5.74) is -0.586. The van der Waals surface area contributed by atoms with Crippen LogP contribution in [0.25, 0.3) is 0 Å². The second-order valence-corrected chi connectivity index (χ2v) is 5.16. The molecular formula is C11H19NO5. The van der Waals surface area contributed by atoms with Crippen molar-refractivity contribution in [2.24, 2.45) is 0 Å². The van der Waals surface area contributed by atoms with Crippen molar-refractivity contribution in [2.75, 3.05) is 13.1 Å². The van der Waals surface area contributed by atoms with Crippen LogP contribution in [0.15, 0.2) is 0 Å². The zero-order chi connectivity index (χ0) is 13.2. The first-order valence-corrected chi connectivity index (χ1v) is 5.55. The van der Waals surface area contributed by atoms with E-state index in [2.05, 4.69) is 0 Å². The molecule has 0 spiro atoms. The summed E-state index contributed by atoms with van der Waals surface area (Å²) < 4.78 is 10.4. The highest BCUT2D eigenvalue weighted by Crippen LogP contribution is 2.15. The first kappa shape index (κ1) is 13.8. The summed E-state index contributed by atoms with van der Waals surface area (Å²) in [6, 6.07) is 0. The van der Waals surface area contributed by atoms with E-state index in [4.69, 9.17) is 14.6 Å². The van der Waals surface area contributed by atoms with Gasteiger partial charge < -0.3 is 19.5 Å². The highest BCUT2D eigenvalue weighted by molar-refractivity contribution is 5.75. The van der Waals surface area contributed by atoms with Crippen molar-refractivity contribution in [3.05, 3.63) is 0 Å². The first-order valence-electron chi connectivity index (χ1n) is 5.55. The third kappa shape index (κ3) is 4.22. The SMILES string of the molecule is C[C@H]1CN(C(=O)OC(C)(C)C)CC(C(=O)O)O1. The summed E-state index contributed by atoms with van der Waals surface area (Å²) in [6.45, 7) is 7.40. The number of carbonyl (C=O) groups excluding carboxylic acids is 1. The monoisotopic (exact) mass is 245 g/mol. The van der Waals surface area contributed by atoms with Crippen molar-refractivity contribution in [1.29, 1.82) is 0 Å². The molecule has 0 aliphatic carbocycles. The molecule has 1 rings (SSSR count). The Hall–Kier alpha value is -1.30. The van der Waals surface area contributed by atoms with Crippen molar-refractivity contribution in [3.63, 3.8) is 0 Å². The number of hydrogen-bond acceptors (Lipinski definition) is 4. The van der Waals surface area contributed by atoms with Gasteiger partial charge in [0, 0.05) is 0 Å². The molecule has 1 N–H and O–H groups in total. The van der Waals surface area contributed by atoms with Crippen LogP contribution in [-0.2, 0) is 14.3 Å². The molecule has 0 bridgehead atoms. The number of ether oxygens (including phenoxy) is 2. The van der Waals surface area contributed by atoms with Crippen LogP contribution in [0, 0.1) is 0 Å². The van der Waals surface area contributed by atoms with Crippen molar-refractivity contribution >= 4 is 12.1 Å². The molecule has 1 aliphatic heterocycles. The van der Waals surface area contributed by atoms with Gasteiger partial charge >= 0.3 is 12.1 Å². The minimum Gasteiger partial charge on any atom is -0.479 e. The van der Waals surface area contributed by atoms with E-state index in [0.29, 0.717) is 6.54 Å². The molecular weight excluding hydrogens is 226 g/mol. The molecule has 17 heavy (non-hydrogen) atoms. The van der Waals surface area contributed by atoms with Gasteiger partial charge in [-0.05, 0) is 27.7 Å². The fraction of sp³-hybridized carbons (Fsp3) is 0.818. The van der Waals surface area contributed by atoms with Gasteiger partial charge in [0.2, 0.25) is 0 Å². The van der Waals surface area contributed by atoms with Crippen LogP contribution in [0.4, 0.5) is 4.79 Å². The summed E-state index contributed by atoms with van der Waals surface area (Å²) in [4.78, 5) is 24.0. The van der Waals surface area contributed by atoms with Crippen LogP contribution in [0.2, 0.25) is 0 Å². The number of morpholine rings is 1. The van der Waals surface area contributed by atoms with Gasteiger partial charge in [-0.3, -0.25) is 0 Å². The molecule has 0 saturated carbocycles. The van der Waals surface area contributed by atoms with Gasteiger partial charge in [0.05, 0.1) is 19.2 Å². The van der Waals surface area contributed by atoms with Gasteiger partial charge in [-0.15, -0.1) is 0 Å². The molecule has 1 saturated heterocycles. The molecule has 98 valence electrons. The van der Waals surface area contributed by atoms with E-state index in [1.807, 2.05) is 0 Å². The van der Waals surface area contributed by atoms with Gasteiger partial charge in [-0.2, -0.15) is 0 Å². The molecule has 0 aromatic carbocycles. The predicted octanol–water partition coefficient (Wildman–Crippen LogP) is 1.10. The normalized spacial score (nSPS) is 25.5. The molecule has 1 unspecified atom stereocenters. The van der Waals surface area contributed by atoms with Crippen molar-refractivity contribution < 1.29 is 24.2 Å². The van der Waals surface area contributed by atoms with Crippen LogP contribution in [0.3, 0.4) is 0 Å². The molecule has 0 aromatic heterocycles. The zero-order valence-corrected chi connectivity index (χ0v) is 10.6. The van der Waals surface area contributed by atoms with Crippen LogP contribution < -0.4 is 0 Å². The number of amides is 1. The van der Waals surface area contributed by atoms with E-state index < -0.39 is 23.8 Å². The number of carboxylic acids is 1. The lowest BCUT2D eigenvalue weighted by atomic mass is 10.2. The quantitative estimate of drug-likeness (QED) is 0.748. The minimum atomic E-state index is -1.06. The van der Waals surface area contributed by atoms with Gasteiger partial charge in [0.25, 0.3) is 0 Å². The van der Waals surface area contributed by atoms with E-state index in [-0.39, 0.29) is 12.6 Å². The summed E-state index contributed by atoms with van der Waals surface area (Å²) in [5, 5.41) is 8.88. The average molecular weight is 245 g/mol. The van der Waals surface area contributed by atoms with Gasteiger partial charge in [-0.25, -0.2) is 9.59 Å². The number of nitrogens with zero attached hydrogens (tertiary/aromatic N) is 1. The van der Waals surface area contributed by atoms with Gasteiger partial charge in [0.15, 0.2) is 6.10 Å². The van der Waals surface area contributed by atoms with Crippen LogP contribution >= 0.6 is 0 Å². The van der Waals surface area contributed by atoms with E-state index >= 15 is 0 Å². The van der Waals surface area contributed by atoms with Crippen molar-refractivity contribution in [3.8, 4) is 0 Å². The van der Waals surface area contributed by atoms with E-state index in [1.165, 1.54) is 4.90 Å². The maximum Gasteiger partial charge on any atom is 0.410 e. The van der Waals surface area contributed by atoms with E-state index in [9.17, 15) is 9.59 Å². The molecule has 1 fully saturated rings. The Labute approximate surface area is 100 Å². The topological polar surface area (TPSA) is 76.1 Å². The summed E-state index contributed by atoms with van der Waals surface area (Å²) in [6.07, 6.45) is -1.79. The van der Waals surface area contributed by atoms with Gasteiger partial charge in [0.1, 0.15) is 5.60 Å². The second-order valence-electron chi connectivity index (χ2n) is 5.16. The van der Waals surface area contributed by atoms with Crippen molar-refractivity contribution in [2.45, 2.75) is 45.5 Å². The molecule has 2 atom stereocenters. The van der Waals surface area contributed by atoms with Crippen LogP contribution in [-0.4, -0.2) is 53.0 Å². The largest absolute Gasteiger partial charge is 0.479 e. The Morgan fingerprint density at radius 1 is 1.35 bits per heavy atom. The molecule has 0 radical (unpaired) electrons. The highest BCUT2D eigenvalue weighted by Gasteiger charge is 2.34. The number of hydrogen-bond donors (Lipinski definition) is 1. The molecule has 1 heterocycles. The molecule has 1 amide bonds. The Morgan fingerprint density at radius 2 is 1.94 bits per heavy atom. The first-order chi connectivity index (χ1) is 7.69. The number of carbonyl (C=O) groups is 2.